The molecule has 1 aromatic carbocycles. The van der Waals surface area contributed by atoms with Gasteiger partial charge in [-0.25, -0.2) is 8.42 Å². The van der Waals surface area contributed by atoms with E-state index >= 15 is 0 Å². The monoisotopic (exact) mass is 450 g/mol. The van der Waals surface area contributed by atoms with Gasteiger partial charge < -0.3 is 19.9 Å². The fraction of sp³-hybridized carbons (Fsp3) is 0.450. The minimum atomic E-state index is -3.75. The van der Waals surface area contributed by atoms with E-state index in [0.717, 1.165) is 5.56 Å². The van der Waals surface area contributed by atoms with Gasteiger partial charge in [0.05, 0.1) is 6.42 Å². The van der Waals surface area contributed by atoms with Crippen molar-refractivity contribution < 1.29 is 27.3 Å². The molecule has 2 amide bonds. The number of hydrogen-bond donors (Lipinski definition) is 1. The molecule has 31 heavy (non-hydrogen) atoms. The van der Waals surface area contributed by atoms with Gasteiger partial charge in [0.15, 0.2) is 12.4 Å². The van der Waals surface area contributed by atoms with Gasteiger partial charge in [-0.15, -0.1) is 0 Å². The second-order valence-corrected chi connectivity index (χ2v) is 9.24. The van der Waals surface area contributed by atoms with Crippen molar-refractivity contribution in [2.45, 2.75) is 31.6 Å². The Kier molecular flexibility index (Phi) is 6.96. The van der Waals surface area contributed by atoms with Crippen molar-refractivity contribution in [3.8, 4) is 5.75 Å². The molecule has 2 heterocycles. The maximum atomic E-state index is 13.0. The predicted molar refractivity (Wildman–Crippen MR) is 111 cm³/mol. The molecule has 1 aliphatic rings. The number of aromatic nitrogens is 1. The minimum Gasteiger partial charge on any atom is -0.484 e. The highest BCUT2D eigenvalue weighted by Crippen LogP contribution is 2.24. The van der Waals surface area contributed by atoms with E-state index in [0.29, 0.717) is 31.0 Å². The van der Waals surface area contributed by atoms with Crippen LogP contribution in [0.2, 0.25) is 0 Å². The number of carbonyl (C=O) groups excluding carboxylic acids is 2. The van der Waals surface area contributed by atoms with Gasteiger partial charge in [-0.05, 0) is 38.0 Å². The van der Waals surface area contributed by atoms with Crippen LogP contribution in [0.3, 0.4) is 0 Å². The largest absolute Gasteiger partial charge is 0.484 e. The average molecular weight is 451 g/mol. The maximum absolute atomic E-state index is 13.0. The fourth-order valence-electron chi connectivity index (χ4n) is 3.50. The summed E-state index contributed by atoms with van der Waals surface area (Å²) in [6.07, 6.45) is 0.649. The molecule has 1 fully saturated rings. The number of primary amides is 1. The lowest BCUT2D eigenvalue weighted by Crippen LogP contribution is -2.39. The Bertz CT molecular complexity index is 1030. The third-order valence-corrected chi connectivity index (χ3v) is 7.18. The Morgan fingerprint density at radius 1 is 1.13 bits per heavy atom. The van der Waals surface area contributed by atoms with Gasteiger partial charge in [0.25, 0.3) is 5.91 Å². The van der Waals surface area contributed by atoms with Crippen molar-refractivity contribution >= 4 is 21.8 Å². The van der Waals surface area contributed by atoms with Crippen LogP contribution in [0.5, 0.6) is 5.75 Å². The Morgan fingerprint density at radius 3 is 2.45 bits per heavy atom. The third kappa shape index (κ3) is 5.42. The Labute approximate surface area is 181 Å². The van der Waals surface area contributed by atoms with Gasteiger partial charge in [0.2, 0.25) is 15.9 Å². The van der Waals surface area contributed by atoms with Crippen LogP contribution in [0.15, 0.2) is 33.7 Å². The number of rotatable bonds is 7. The van der Waals surface area contributed by atoms with Crippen molar-refractivity contribution in [3.05, 3.63) is 41.3 Å². The van der Waals surface area contributed by atoms with Gasteiger partial charge in [0.1, 0.15) is 16.3 Å². The molecule has 0 radical (unpaired) electrons. The third-order valence-electron chi connectivity index (χ3n) is 5.04. The van der Waals surface area contributed by atoms with E-state index in [1.54, 1.807) is 43.0 Å². The van der Waals surface area contributed by atoms with E-state index in [-0.39, 0.29) is 42.7 Å². The summed E-state index contributed by atoms with van der Waals surface area (Å²) in [4.78, 5) is 25.2. The Balaban J connectivity index is 1.57. The highest BCUT2D eigenvalue weighted by Gasteiger charge is 2.32. The molecule has 1 aliphatic heterocycles. The number of nitrogens with two attached hydrogens (primary N) is 1. The second-order valence-electron chi connectivity index (χ2n) is 7.37. The zero-order valence-electron chi connectivity index (χ0n) is 17.5. The van der Waals surface area contributed by atoms with Crippen molar-refractivity contribution in [1.82, 2.24) is 14.4 Å². The van der Waals surface area contributed by atoms with Crippen molar-refractivity contribution in [2.75, 3.05) is 32.8 Å². The van der Waals surface area contributed by atoms with Crippen molar-refractivity contribution in [3.63, 3.8) is 0 Å². The van der Waals surface area contributed by atoms with Gasteiger partial charge in [-0.3, -0.25) is 9.59 Å². The molecule has 10 nitrogen and oxygen atoms in total. The van der Waals surface area contributed by atoms with Crippen molar-refractivity contribution in [1.29, 1.82) is 0 Å². The van der Waals surface area contributed by atoms with Gasteiger partial charge in [-0.1, -0.05) is 17.3 Å². The first-order valence-electron chi connectivity index (χ1n) is 9.89. The number of carbonyl (C=O) groups is 2. The highest BCUT2D eigenvalue weighted by molar-refractivity contribution is 7.89. The number of aryl methyl sites for hydroxylation is 2. The molecule has 3 rings (SSSR count). The van der Waals surface area contributed by atoms with Crippen LogP contribution in [0.1, 0.15) is 23.4 Å². The smallest absolute Gasteiger partial charge is 0.260 e. The van der Waals surface area contributed by atoms with E-state index in [1.165, 1.54) is 4.31 Å². The molecule has 0 saturated carbocycles. The van der Waals surface area contributed by atoms with E-state index in [1.807, 2.05) is 0 Å². The summed E-state index contributed by atoms with van der Waals surface area (Å²) in [7, 11) is -3.75. The summed E-state index contributed by atoms with van der Waals surface area (Å²) >= 11 is 0. The number of hydrogen-bond acceptors (Lipinski definition) is 7. The average Bonchev–Trinajstić information content (AvgIpc) is 2.92. The van der Waals surface area contributed by atoms with Crippen molar-refractivity contribution in [2.24, 2.45) is 5.73 Å². The number of sulfonamides is 1. The number of ether oxygens (including phenoxy) is 1. The Hall–Kier alpha value is -2.92. The summed E-state index contributed by atoms with van der Waals surface area (Å²) < 4.78 is 37.9. The molecule has 0 aliphatic carbocycles. The first-order chi connectivity index (χ1) is 14.7. The topological polar surface area (TPSA) is 136 Å². The molecule has 0 spiro atoms. The molecule has 1 aromatic heterocycles. The standard InChI is InChI=1S/C20H26N4O6S/c1-14-20(15(2)30-22-14)31(27,28)24-9-3-8-23(10-11-24)19(26)13-29-17-6-4-16(5-7-17)12-18(21)25/h4-7H,3,8-13H2,1-2H3,(H2,21,25). The normalized spacial score (nSPS) is 15.5. The zero-order chi connectivity index (χ0) is 22.6. The van der Waals surface area contributed by atoms with E-state index in [2.05, 4.69) is 5.16 Å². The molecule has 0 atom stereocenters. The van der Waals surface area contributed by atoms with Gasteiger partial charge in [-0.2, -0.15) is 4.31 Å². The predicted octanol–water partition coefficient (Wildman–Crippen LogP) is 0.621. The molecule has 0 unspecified atom stereocenters. The lowest BCUT2D eigenvalue weighted by molar-refractivity contribution is -0.133. The molecule has 0 bridgehead atoms. The summed E-state index contributed by atoms with van der Waals surface area (Å²) in [5, 5.41) is 3.73. The second kappa shape index (κ2) is 9.48. The van der Waals surface area contributed by atoms with Gasteiger partial charge >= 0.3 is 0 Å². The number of nitrogens with zero attached hydrogens (tertiary/aromatic N) is 3. The van der Waals surface area contributed by atoms with Gasteiger partial charge in [0, 0.05) is 26.2 Å². The van der Waals surface area contributed by atoms with Crippen LogP contribution in [-0.4, -0.2) is 67.4 Å². The van der Waals surface area contributed by atoms with Crippen LogP contribution >= 0.6 is 0 Å². The van der Waals surface area contributed by atoms with E-state index in [9.17, 15) is 18.0 Å². The molecular formula is C20H26N4O6S. The quantitative estimate of drug-likeness (QED) is 0.653. The highest BCUT2D eigenvalue weighted by atomic mass is 32.2. The lowest BCUT2D eigenvalue weighted by atomic mass is 10.1. The minimum absolute atomic E-state index is 0.0930. The fourth-order valence-corrected chi connectivity index (χ4v) is 5.26. The molecule has 11 heteroatoms. The maximum Gasteiger partial charge on any atom is 0.260 e. The van der Waals surface area contributed by atoms with E-state index < -0.39 is 15.9 Å². The number of benzene rings is 1. The molecule has 2 N–H and O–H groups in total. The van der Waals surface area contributed by atoms with Crippen LogP contribution in [-0.2, 0) is 26.0 Å². The summed E-state index contributed by atoms with van der Waals surface area (Å²) in [6, 6.07) is 6.78. The zero-order valence-corrected chi connectivity index (χ0v) is 18.4. The van der Waals surface area contributed by atoms with Crippen LogP contribution in [0.25, 0.3) is 0 Å². The molecule has 1 saturated heterocycles. The molecular weight excluding hydrogens is 424 g/mol. The molecule has 2 aromatic rings. The summed E-state index contributed by atoms with van der Waals surface area (Å²) in [5.41, 5.74) is 6.25. The van der Waals surface area contributed by atoms with Crippen LogP contribution in [0.4, 0.5) is 0 Å². The first-order valence-corrected chi connectivity index (χ1v) is 11.3. The van der Waals surface area contributed by atoms with Crippen LogP contribution in [0, 0.1) is 13.8 Å². The SMILES string of the molecule is Cc1noc(C)c1S(=O)(=O)N1CCCN(C(=O)COc2ccc(CC(N)=O)cc2)CC1. The van der Waals surface area contributed by atoms with E-state index in [4.69, 9.17) is 15.0 Å². The summed E-state index contributed by atoms with van der Waals surface area (Å²) in [6.45, 7) is 4.19. The first kappa shape index (κ1) is 22.8. The van der Waals surface area contributed by atoms with Crippen LogP contribution < -0.4 is 10.5 Å². The lowest BCUT2D eigenvalue weighted by Gasteiger charge is -2.22. The number of amides is 2. The Morgan fingerprint density at radius 2 is 1.84 bits per heavy atom. The molecule has 168 valence electrons. The summed E-state index contributed by atoms with van der Waals surface area (Å²) in [5.74, 6) is 0.108.